The van der Waals surface area contributed by atoms with Gasteiger partial charge < -0.3 is 24.4 Å². The summed E-state index contributed by atoms with van der Waals surface area (Å²) >= 11 is 0. The van der Waals surface area contributed by atoms with Crippen LogP contribution in [0.2, 0.25) is 0 Å². The second-order valence-corrected chi connectivity index (χ2v) is 14.9. The van der Waals surface area contributed by atoms with Gasteiger partial charge in [-0.15, -0.1) is 4.99 Å². The van der Waals surface area contributed by atoms with Crippen LogP contribution in [0.1, 0.15) is 104 Å². The zero-order chi connectivity index (χ0) is 33.8. The number of aliphatic carboxylic acids is 1. The fourth-order valence-electron chi connectivity index (χ4n) is 7.49. The van der Waals surface area contributed by atoms with Crippen molar-refractivity contribution in [3.63, 3.8) is 0 Å². The number of carboxylic acids is 1. The molecule has 0 saturated heterocycles. The number of rotatable bonds is 17. The highest BCUT2D eigenvalue weighted by Gasteiger charge is 2.42. The lowest BCUT2D eigenvalue weighted by Gasteiger charge is -2.35. The van der Waals surface area contributed by atoms with E-state index in [4.69, 9.17) is 40.0 Å². The molecule has 0 spiro atoms. The zero-order valence-electron chi connectivity index (χ0n) is 28.0. The molecule has 0 amide bonds. The van der Waals surface area contributed by atoms with Gasteiger partial charge in [0.05, 0.1) is 68.8 Å². The molecular weight excluding hydrogens is 618 g/mol. The molecule has 4 saturated carbocycles. The molecule has 0 aromatic rings. The fraction of sp³-hybridized carbons (Fsp3) is 0.939. The Morgan fingerprint density at radius 3 is 1.89 bits per heavy atom. The van der Waals surface area contributed by atoms with Gasteiger partial charge in [-0.25, -0.2) is 19.6 Å². The van der Waals surface area contributed by atoms with Crippen LogP contribution in [0.4, 0.5) is 0 Å². The summed E-state index contributed by atoms with van der Waals surface area (Å²) in [5.41, 5.74) is -0.169. The van der Waals surface area contributed by atoms with Crippen molar-refractivity contribution in [1.82, 2.24) is 0 Å². The Labute approximate surface area is 277 Å². The Morgan fingerprint density at radius 2 is 1.30 bits per heavy atom. The van der Waals surface area contributed by atoms with Gasteiger partial charge in [0.2, 0.25) is 0 Å². The monoisotopic (exact) mass is 675 g/mol. The number of carboxylic acid groups (broad SMARTS) is 1. The molecule has 272 valence electrons. The van der Waals surface area contributed by atoms with Crippen LogP contribution in [0.3, 0.4) is 0 Å². The topological polar surface area (TPSA) is 195 Å². The van der Waals surface area contributed by atoms with E-state index in [1.54, 1.807) is 0 Å². The highest BCUT2D eigenvalue weighted by Crippen LogP contribution is 2.35. The third-order valence-corrected chi connectivity index (χ3v) is 10.4. The van der Waals surface area contributed by atoms with Crippen molar-refractivity contribution >= 4 is 11.9 Å². The van der Waals surface area contributed by atoms with E-state index in [9.17, 15) is 19.8 Å². The van der Waals surface area contributed by atoms with Gasteiger partial charge in [-0.2, -0.15) is 5.90 Å². The number of hydrogen-bond acceptors (Lipinski definition) is 13. The van der Waals surface area contributed by atoms with Crippen molar-refractivity contribution in [2.24, 2.45) is 35.0 Å². The minimum absolute atomic E-state index is 0.0135. The summed E-state index contributed by atoms with van der Waals surface area (Å²) in [6.07, 6.45) is 8.59. The molecule has 0 aromatic heterocycles. The van der Waals surface area contributed by atoms with Gasteiger partial charge >= 0.3 is 11.9 Å². The largest absolute Gasteiger partial charge is 0.481 e. The molecule has 0 aromatic carbocycles. The predicted molar refractivity (Wildman–Crippen MR) is 165 cm³/mol. The van der Waals surface area contributed by atoms with E-state index in [2.05, 4.69) is 23.7 Å². The zero-order valence-corrected chi connectivity index (χ0v) is 28.0. The first kappa shape index (κ1) is 38.3. The predicted octanol–water partition coefficient (Wildman–Crippen LogP) is 4.12. The maximum absolute atomic E-state index is 12.9. The molecule has 4 rings (SSSR count). The van der Waals surface area contributed by atoms with Crippen LogP contribution in [0.15, 0.2) is 0 Å². The summed E-state index contributed by atoms with van der Waals surface area (Å²) in [5.74, 6) is 2.12. The maximum Gasteiger partial charge on any atom is 0.310 e. The average molecular weight is 676 g/mol. The average Bonchev–Trinajstić information content (AvgIpc) is 3.05. The Balaban J connectivity index is 1.07. The molecule has 4 aliphatic carbocycles. The third kappa shape index (κ3) is 12.4. The van der Waals surface area contributed by atoms with E-state index in [1.807, 2.05) is 0 Å². The molecule has 4 fully saturated rings. The highest BCUT2D eigenvalue weighted by atomic mass is 17.3. The van der Waals surface area contributed by atoms with E-state index in [0.717, 1.165) is 44.9 Å². The summed E-state index contributed by atoms with van der Waals surface area (Å²) in [6.45, 7) is 6.02. The SMILES string of the molecule is CC(C)(COC1CCC(OOCC2CC(O)CCC2COO)CC1)COC1CCC(OC(=O)C2CC(OON)CCC2C(=O)O)CC1. The van der Waals surface area contributed by atoms with E-state index in [1.165, 1.54) is 0 Å². The van der Waals surface area contributed by atoms with Crippen molar-refractivity contribution in [2.45, 2.75) is 140 Å². The standard InChI is InChI=1S/C33H57NO13/c1-33(2,20-41-25-7-11-27(12-8-25)45-43-18-22-15-23(35)4-3-21(22)17-42-39)19-40-24-5-9-26(10-6-24)44-32(38)30-16-28(46-47-34)13-14-29(30)31(36)37/h21-30,35,39H,3-20,34H2,1-2H3,(H,36,37). The summed E-state index contributed by atoms with van der Waals surface area (Å²) in [7, 11) is 0. The van der Waals surface area contributed by atoms with Crippen molar-refractivity contribution in [3.05, 3.63) is 0 Å². The van der Waals surface area contributed by atoms with Gasteiger partial charge in [-0.05, 0) is 102 Å². The minimum atomic E-state index is -1.01. The molecule has 47 heavy (non-hydrogen) atoms. The van der Waals surface area contributed by atoms with Crippen molar-refractivity contribution in [2.75, 3.05) is 26.4 Å². The smallest absolute Gasteiger partial charge is 0.310 e. The number of carbonyl (C=O) groups excluding carboxylic acids is 1. The molecule has 14 nitrogen and oxygen atoms in total. The van der Waals surface area contributed by atoms with Crippen LogP contribution in [0.25, 0.3) is 0 Å². The van der Waals surface area contributed by atoms with Crippen molar-refractivity contribution in [3.8, 4) is 0 Å². The number of hydrogen-bond donors (Lipinski definition) is 4. The molecule has 4 aliphatic rings. The summed E-state index contributed by atoms with van der Waals surface area (Å²) in [6, 6.07) is 0. The van der Waals surface area contributed by atoms with Crippen LogP contribution in [0.5, 0.6) is 0 Å². The van der Waals surface area contributed by atoms with E-state index >= 15 is 0 Å². The number of esters is 1. The van der Waals surface area contributed by atoms with Gasteiger partial charge in [0.15, 0.2) is 0 Å². The van der Waals surface area contributed by atoms with Crippen LogP contribution in [0, 0.1) is 29.1 Å². The third-order valence-electron chi connectivity index (χ3n) is 10.4. The number of nitrogens with two attached hydrogens (primary N) is 1. The number of aliphatic hydroxyl groups excluding tert-OH is 1. The lowest BCUT2D eigenvalue weighted by Crippen LogP contribution is -2.41. The Morgan fingerprint density at radius 1 is 0.702 bits per heavy atom. The van der Waals surface area contributed by atoms with E-state index in [-0.39, 0.29) is 60.8 Å². The molecule has 0 heterocycles. The van der Waals surface area contributed by atoms with Gasteiger partial charge in [0, 0.05) is 5.41 Å². The normalized spacial score (nSPS) is 35.3. The Kier molecular flexibility index (Phi) is 15.6. The summed E-state index contributed by atoms with van der Waals surface area (Å²) in [4.78, 5) is 49.6. The molecule has 14 heteroatoms. The number of carbonyl (C=O) groups is 2. The molecule has 5 N–H and O–H groups in total. The second-order valence-electron chi connectivity index (χ2n) is 14.9. The summed E-state index contributed by atoms with van der Waals surface area (Å²) in [5, 5.41) is 28.5. The Hall–Kier alpha value is -1.46. The van der Waals surface area contributed by atoms with Gasteiger partial charge in [-0.1, -0.05) is 13.8 Å². The number of aliphatic hydroxyl groups is 1. The van der Waals surface area contributed by atoms with E-state index < -0.39 is 29.9 Å². The van der Waals surface area contributed by atoms with Crippen LogP contribution in [-0.4, -0.2) is 90.5 Å². The lowest BCUT2D eigenvalue weighted by atomic mass is 9.78. The first-order chi connectivity index (χ1) is 22.6. The van der Waals surface area contributed by atoms with Crippen LogP contribution in [-0.2, 0) is 48.3 Å². The maximum atomic E-state index is 12.9. The highest BCUT2D eigenvalue weighted by molar-refractivity contribution is 5.81. The molecule has 0 radical (unpaired) electrons. The van der Waals surface area contributed by atoms with Crippen molar-refractivity contribution < 1.29 is 63.8 Å². The fourth-order valence-corrected chi connectivity index (χ4v) is 7.49. The van der Waals surface area contributed by atoms with Gasteiger partial charge in [0.1, 0.15) is 6.10 Å². The Bertz CT molecular complexity index is 937. The lowest BCUT2D eigenvalue weighted by molar-refractivity contribution is -0.341. The quantitative estimate of drug-likeness (QED) is 0.0977. The molecule has 6 unspecified atom stereocenters. The van der Waals surface area contributed by atoms with Gasteiger partial charge in [-0.3, -0.25) is 14.8 Å². The molecule has 0 bridgehead atoms. The number of ether oxygens (including phenoxy) is 3. The van der Waals surface area contributed by atoms with Crippen LogP contribution < -0.4 is 5.90 Å². The van der Waals surface area contributed by atoms with Crippen LogP contribution >= 0.6 is 0 Å². The van der Waals surface area contributed by atoms with E-state index in [0.29, 0.717) is 58.3 Å². The second kappa shape index (κ2) is 19.1. The van der Waals surface area contributed by atoms with Gasteiger partial charge in [0.25, 0.3) is 0 Å². The molecular formula is C33H57NO13. The first-order valence-electron chi connectivity index (χ1n) is 17.5. The summed E-state index contributed by atoms with van der Waals surface area (Å²) < 4.78 is 18.3. The van der Waals surface area contributed by atoms with Crippen molar-refractivity contribution in [1.29, 1.82) is 0 Å². The molecule has 0 aliphatic heterocycles. The minimum Gasteiger partial charge on any atom is -0.481 e. The first-order valence-corrected chi connectivity index (χ1v) is 17.5. The molecule has 6 atom stereocenters.